The van der Waals surface area contributed by atoms with Crippen molar-refractivity contribution >= 4 is 33.6 Å². The normalized spacial score (nSPS) is 14.7. The van der Waals surface area contributed by atoms with Crippen molar-refractivity contribution in [3.05, 3.63) is 28.2 Å². The van der Waals surface area contributed by atoms with Crippen molar-refractivity contribution in [2.75, 3.05) is 5.32 Å². The van der Waals surface area contributed by atoms with Crippen molar-refractivity contribution in [2.24, 2.45) is 0 Å². The third kappa shape index (κ3) is 3.01. The van der Waals surface area contributed by atoms with Crippen molar-refractivity contribution in [1.29, 1.82) is 0 Å². The van der Waals surface area contributed by atoms with E-state index in [2.05, 4.69) is 26.6 Å². The molecule has 0 aliphatic heterocycles. The Hall–Kier alpha value is -1.56. The van der Waals surface area contributed by atoms with Gasteiger partial charge in [-0.05, 0) is 53.4 Å². The number of carboxylic acid groups (broad SMARTS) is 1. The smallest absolute Gasteiger partial charge is 0.335 e. The summed E-state index contributed by atoms with van der Waals surface area (Å²) in [5.74, 6) is -1.02. The Morgan fingerprint density at radius 2 is 2.06 bits per heavy atom. The summed E-state index contributed by atoms with van der Waals surface area (Å²) in [5.41, 5.74) is 0.587. The van der Waals surface area contributed by atoms with Crippen LogP contribution in [0.1, 0.15) is 29.6 Å². The number of carboxylic acids is 1. The third-order valence-electron chi connectivity index (χ3n) is 2.90. The van der Waals surface area contributed by atoms with E-state index in [0.717, 1.165) is 19.3 Å². The molecule has 1 saturated carbocycles. The second-order valence-corrected chi connectivity index (χ2v) is 5.08. The minimum absolute atomic E-state index is 0.136. The number of hydrogen-bond acceptors (Lipinski definition) is 2. The van der Waals surface area contributed by atoms with E-state index in [-0.39, 0.29) is 17.6 Å². The number of carbonyl (C=O) groups excluding carboxylic acids is 1. The molecule has 0 radical (unpaired) electrons. The Bertz CT molecular complexity index is 486. The molecule has 0 aromatic heterocycles. The zero-order chi connectivity index (χ0) is 13.1. The molecule has 1 aromatic carbocycles. The quantitative estimate of drug-likeness (QED) is 0.803. The average Bonchev–Trinajstić information content (AvgIpc) is 2.26. The van der Waals surface area contributed by atoms with Gasteiger partial charge in [-0.25, -0.2) is 9.59 Å². The van der Waals surface area contributed by atoms with E-state index in [1.54, 1.807) is 6.07 Å². The summed E-state index contributed by atoms with van der Waals surface area (Å²) >= 11 is 3.27. The van der Waals surface area contributed by atoms with Crippen molar-refractivity contribution in [1.82, 2.24) is 5.32 Å². The molecule has 2 rings (SSSR count). The number of aromatic carboxylic acids is 1. The van der Waals surface area contributed by atoms with Crippen LogP contribution in [0.4, 0.5) is 10.5 Å². The lowest BCUT2D eigenvalue weighted by Crippen LogP contribution is -2.41. The van der Waals surface area contributed by atoms with E-state index in [9.17, 15) is 9.59 Å². The number of hydrogen-bond donors (Lipinski definition) is 3. The zero-order valence-corrected chi connectivity index (χ0v) is 11.2. The number of benzene rings is 1. The molecule has 2 amide bonds. The van der Waals surface area contributed by atoms with E-state index in [1.165, 1.54) is 12.1 Å². The largest absolute Gasteiger partial charge is 0.478 e. The number of amides is 2. The summed E-state index contributed by atoms with van der Waals surface area (Å²) < 4.78 is 0.649. The molecule has 1 aromatic rings. The molecule has 1 aliphatic carbocycles. The van der Waals surface area contributed by atoms with Crippen LogP contribution in [0.2, 0.25) is 0 Å². The number of urea groups is 1. The van der Waals surface area contributed by atoms with Crippen molar-refractivity contribution < 1.29 is 14.7 Å². The Balaban J connectivity index is 2.04. The second-order valence-electron chi connectivity index (χ2n) is 4.23. The molecule has 96 valence electrons. The average molecular weight is 313 g/mol. The Morgan fingerprint density at radius 1 is 1.33 bits per heavy atom. The van der Waals surface area contributed by atoms with Crippen LogP contribution < -0.4 is 10.6 Å². The molecule has 1 fully saturated rings. The van der Waals surface area contributed by atoms with Gasteiger partial charge < -0.3 is 15.7 Å². The van der Waals surface area contributed by atoms with Gasteiger partial charge in [0.2, 0.25) is 0 Å². The van der Waals surface area contributed by atoms with E-state index in [4.69, 9.17) is 5.11 Å². The summed E-state index contributed by atoms with van der Waals surface area (Å²) in [5, 5.41) is 14.4. The summed E-state index contributed by atoms with van der Waals surface area (Å²) in [7, 11) is 0. The molecule has 18 heavy (non-hydrogen) atoms. The first-order valence-corrected chi connectivity index (χ1v) is 6.46. The summed E-state index contributed by atoms with van der Waals surface area (Å²) in [6.07, 6.45) is 3.15. The van der Waals surface area contributed by atoms with Crippen molar-refractivity contribution in [2.45, 2.75) is 25.3 Å². The SMILES string of the molecule is O=C(Nc1cc(C(=O)O)ccc1Br)NC1CCC1. The molecule has 6 heteroatoms. The van der Waals surface area contributed by atoms with Crippen LogP contribution in [0.15, 0.2) is 22.7 Å². The number of nitrogens with one attached hydrogen (secondary N) is 2. The lowest BCUT2D eigenvalue weighted by molar-refractivity contribution is 0.0697. The van der Waals surface area contributed by atoms with E-state index in [1.807, 2.05) is 0 Å². The lowest BCUT2D eigenvalue weighted by atomic mass is 9.93. The zero-order valence-electron chi connectivity index (χ0n) is 9.57. The minimum atomic E-state index is -1.02. The van der Waals surface area contributed by atoms with Gasteiger partial charge in [0.15, 0.2) is 0 Å². The summed E-state index contributed by atoms with van der Waals surface area (Å²) in [6, 6.07) is 4.44. The van der Waals surface area contributed by atoms with Gasteiger partial charge >= 0.3 is 12.0 Å². The van der Waals surface area contributed by atoms with Crippen LogP contribution in [0, 0.1) is 0 Å². The van der Waals surface area contributed by atoms with Crippen LogP contribution in [0.5, 0.6) is 0 Å². The van der Waals surface area contributed by atoms with Gasteiger partial charge in [-0.2, -0.15) is 0 Å². The highest BCUT2D eigenvalue weighted by Crippen LogP contribution is 2.24. The monoisotopic (exact) mass is 312 g/mol. The maximum atomic E-state index is 11.7. The molecule has 5 nitrogen and oxygen atoms in total. The lowest BCUT2D eigenvalue weighted by Gasteiger charge is -2.26. The third-order valence-corrected chi connectivity index (χ3v) is 3.59. The topological polar surface area (TPSA) is 78.4 Å². The van der Waals surface area contributed by atoms with Crippen LogP contribution >= 0.6 is 15.9 Å². The van der Waals surface area contributed by atoms with Crippen LogP contribution in [0.3, 0.4) is 0 Å². The molecule has 0 unspecified atom stereocenters. The van der Waals surface area contributed by atoms with Crippen molar-refractivity contribution in [3.8, 4) is 0 Å². The van der Waals surface area contributed by atoms with Gasteiger partial charge in [-0.15, -0.1) is 0 Å². The predicted molar refractivity (Wildman–Crippen MR) is 70.9 cm³/mol. The van der Waals surface area contributed by atoms with Crippen LogP contribution in [0.25, 0.3) is 0 Å². The highest BCUT2D eigenvalue weighted by Gasteiger charge is 2.19. The predicted octanol–water partition coefficient (Wildman–Crippen LogP) is 2.82. The fourth-order valence-corrected chi connectivity index (χ4v) is 2.00. The summed E-state index contributed by atoms with van der Waals surface area (Å²) in [6.45, 7) is 0. The van der Waals surface area contributed by atoms with E-state index >= 15 is 0 Å². The van der Waals surface area contributed by atoms with Gasteiger partial charge in [0.05, 0.1) is 11.3 Å². The van der Waals surface area contributed by atoms with Gasteiger partial charge in [-0.1, -0.05) is 0 Å². The Morgan fingerprint density at radius 3 is 2.61 bits per heavy atom. The van der Waals surface area contributed by atoms with Gasteiger partial charge in [-0.3, -0.25) is 0 Å². The van der Waals surface area contributed by atoms with E-state index < -0.39 is 5.97 Å². The van der Waals surface area contributed by atoms with Crippen LogP contribution in [-0.2, 0) is 0 Å². The Kier molecular flexibility index (Phi) is 3.86. The summed E-state index contributed by atoms with van der Waals surface area (Å²) in [4.78, 5) is 22.5. The standard InChI is InChI=1S/C12H13BrN2O3/c13-9-5-4-7(11(16)17)6-10(9)15-12(18)14-8-2-1-3-8/h4-6,8H,1-3H2,(H,16,17)(H2,14,15,18). The molecule has 0 atom stereocenters. The van der Waals surface area contributed by atoms with Gasteiger partial charge in [0.25, 0.3) is 0 Å². The number of carbonyl (C=O) groups is 2. The first-order chi connectivity index (χ1) is 8.56. The maximum absolute atomic E-state index is 11.7. The Labute approximate surface area is 113 Å². The van der Waals surface area contributed by atoms with E-state index in [0.29, 0.717) is 10.2 Å². The van der Waals surface area contributed by atoms with Gasteiger partial charge in [0, 0.05) is 10.5 Å². The minimum Gasteiger partial charge on any atom is -0.478 e. The molecule has 0 saturated heterocycles. The number of rotatable bonds is 3. The second kappa shape index (κ2) is 5.39. The number of halogens is 1. The molecule has 3 N–H and O–H groups in total. The molecule has 0 bridgehead atoms. The highest BCUT2D eigenvalue weighted by atomic mass is 79.9. The molecule has 0 spiro atoms. The fourth-order valence-electron chi connectivity index (χ4n) is 1.65. The highest BCUT2D eigenvalue weighted by molar-refractivity contribution is 9.10. The first kappa shape index (κ1) is 12.9. The molecule has 1 aliphatic rings. The molecule has 0 heterocycles. The molecular formula is C12H13BrN2O3. The van der Waals surface area contributed by atoms with Gasteiger partial charge in [0.1, 0.15) is 0 Å². The molecular weight excluding hydrogens is 300 g/mol. The maximum Gasteiger partial charge on any atom is 0.335 e. The van der Waals surface area contributed by atoms with Crippen molar-refractivity contribution in [3.63, 3.8) is 0 Å². The number of anilines is 1. The van der Waals surface area contributed by atoms with Crippen LogP contribution in [-0.4, -0.2) is 23.1 Å². The first-order valence-electron chi connectivity index (χ1n) is 5.66. The fraction of sp³-hybridized carbons (Fsp3) is 0.333.